The minimum Gasteiger partial charge on any atom is -0.449 e. The fourth-order valence-electron chi connectivity index (χ4n) is 0.913. The Bertz CT molecular complexity index is 273. The molecule has 0 aliphatic rings. The van der Waals surface area contributed by atoms with E-state index in [1.54, 1.807) is 0 Å². The van der Waals surface area contributed by atoms with E-state index in [1.807, 2.05) is 0 Å². The molecule has 0 aliphatic carbocycles. The van der Waals surface area contributed by atoms with E-state index < -0.39 is 19.1 Å². The molecule has 0 amide bonds. The summed E-state index contributed by atoms with van der Waals surface area (Å²) in [5.74, 6) is -0.795. The number of hydrogen-bond donors (Lipinski definition) is 0. The number of hydrogen-bond acceptors (Lipinski definition) is 0. The van der Waals surface area contributed by atoms with E-state index in [4.69, 9.17) is 0 Å². The van der Waals surface area contributed by atoms with E-state index in [9.17, 15) is 17.3 Å². The molecule has 0 N–H and O–H groups in total. The minimum absolute atomic E-state index is 0. The van der Waals surface area contributed by atoms with Gasteiger partial charge >= 0.3 is 58.4 Å². The number of benzene rings is 1. The first-order valence-electron chi connectivity index (χ1n) is 3.43. The molecular weight excluding hydrogens is 210 g/mol. The summed E-state index contributed by atoms with van der Waals surface area (Å²) in [5.41, 5.74) is -0.287. The summed E-state index contributed by atoms with van der Waals surface area (Å²) in [6, 6.07) is 4.92. The quantitative estimate of drug-likeness (QED) is 0.472. The molecule has 0 spiro atoms. The fourth-order valence-corrected chi connectivity index (χ4v) is 0.913. The van der Waals surface area contributed by atoms with Gasteiger partial charge in [-0.15, -0.1) is 0 Å². The minimum atomic E-state index is -4.94. The van der Waals surface area contributed by atoms with Gasteiger partial charge in [0.15, 0.2) is 0 Å². The van der Waals surface area contributed by atoms with Gasteiger partial charge in [-0.25, -0.2) is 4.39 Å². The molecule has 13 heavy (non-hydrogen) atoms. The maximum absolute atomic E-state index is 12.6. The molecule has 0 radical (unpaired) electrons. The largest absolute Gasteiger partial charge is 1.00 e. The molecule has 0 saturated heterocycles. The first kappa shape index (κ1) is 13.6. The van der Waals surface area contributed by atoms with E-state index in [0.717, 1.165) is 12.1 Å². The third kappa shape index (κ3) is 5.17. The Kier molecular flexibility index (Phi) is 5.78. The average Bonchev–Trinajstić information content (AvgIpc) is 1.91. The van der Waals surface area contributed by atoms with E-state index >= 15 is 0 Å². The summed E-state index contributed by atoms with van der Waals surface area (Å²) < 4.78 is 48.1. The van der Waals surface area contributed by atoms with Gasteiger partial charge in [0.25, 0.3) is 0 Å². The van der Waals surface area contributed by atoms with Gasteiger partial charge in [0, 0.05) is 0 Å². The van der Waals surface area contributed by atoms with E-state index in [2.05, 4.69) is 0 Å². The van der Waals surface area contributed by atoms with E-state index in [1.165, 1.54) is 12.1 Å². The summed E-state index contributed by atoms with van der Waals surface area (Å²) in [6.07, 6.45) is -1.15. The molecule has 0 aromatic heterocycles. The van der Waals surface area contributed by atoms with Crippen LogP contribution in [0.3, 0.4) is 0 Å². The maximum atomic E-state index is 12.6. The first-order chi connectivity index (χ1) is 5.49. The molecule has 0 fully saturated rings. The predicted molar refractivity (Wildman–Crippen MR) is 39.2 cm³/mol. The zero-order valence-corrected chi connectivity index (χ0v) is 10.2. The monoisotopic (exact) mass is 216 g/mol. The Morgan fingerprint density at radius 3 is 2.08 bits per heavy atom. The van der Waals surface area contributed by atoms with Gasteiger partial charge in [-0.1, -0.05) is 24.5 Å². The molecule has 0 unspecified atom stereocenters. The molecule has 1 rings (SSSR count). The number of rotatable bonds is 2. The Labute approximate surface area is 116 Å². The van der Waals surface area contributed by atoms with Crippen molar-refractivity contribution in [3.63, 3.8) is 0 Å². The molecule has 0 bridgehead atoms. The molecule has 66 valence electrons. The topological polar surface area (TPSA) is 0 Å². The number of halogens is 4. The van der Waals surface area contributed by atoms with Crippen LogP contribution in [0.4, 0.5) is 17.3 Å². The molecule has 1 aromatic rings. The second-order valence-corrected chi connectivity index (χ2v) is 2.51. The predicted octanol–water partition coefficient (Wildman–Crippen LogP) is -0.241. The van der Waals surface area contributed by atoms with Gasteiger partial charge in [-0.3, -0.25) is 0 Å². The van der Waals surface area contributed by atoms with E-state index in [-0.39, 0.29) is 56.9 Å². The molecule has 0 heterocycles. The van der Waals surface area contributed by atoms with Crippen LogP contribution >= 0.6 is 0 Å². The molecule has 1 aromatic carbocycles. The van der Waals surface area contributed by atoms with Crippen molar-refractivity contribution in [2.75, 3.05) is 0 Å². The van der Waals surface area contributed by atoms with Gasteiger partial charge in [0.2, 0.25) is 0 Å². The van der Waals surface area contributed by atoms with E-state index in [0.29, 0.717) is 0 Å². The van der Waals surface area contributed by atoms with Gasteiger partial charge < -0.3 is 12.9 Å². The molecule has 0 nitrogen and oxygen atoms in total. The van der Waals surface area contributed by atoms with Crippen LogP contribution in [0.25, 0.3) is 0 Å². The third-order valence-corrected chi connectivity index (χ3v) is 1.41. The van der Waals surface area contributed by atoms with Gasteiger partial charge in [0.1, 0.15) is 5.82 Å². The Balaban J connectivity index is 0.00000144. The van der Waals surface area contributed by atoms with Crippen molar-refractivity contribution in [3.8, 4) is 0 Å². The summed E-state index contributed by atoms with van der Waals surface area (Å²) in [7, 11) is 0. The molecule has 0 atom stereocenters. The van der Waals surface area contributed by atoms with Crippen molar-refractivity contribution in [2.24, 2.45) is 0 Å². The van der Waals surface area contributed by atoms with Crippen molar-refractivity contribution < 1.29 is 68.7 Å². The van der Waals surface area contributed by atoms with Crippen LogP contribution in [0.5, 0.6) is 0 Å². The smallest absolute Gasteiger partial charge is 0.449 e. The summed E-state index contributed by atoms with van der Waals surface area (Å²) in [5, 5.41) is 0. The zero-order valence-electron chi connectivity index (χ0n) is 7.11. The Hall–Kier alpha value is 0.641. The third-order valence-electron chi connectivity index (χ3n) is 1.41. The van der Waals surface area contributed by atoms with Crippen LogP contribution in [0, 0.1) is 5.82 Å². The summed E-state index contributed by atoms with van der Waals surface area (Å²) in [6.45, 7) is -4.94. The summed E-state index contributed by atoms with van der Waals surface area (Å²) >= 11 is 0. The van der Waals surface area contributed by atoms with Crippen LogP contribution in [0.15, 0.2) is 24.3 Å². The van der Waals surface area contributed by atoms with Gasteiger partial charge in [-0.2, -0.15) is 0 Å². The maximum Gasteiger partial charge on any atom is 1.00 e. The standard InChI is InChI=1S/C7H6BF4.K/c9-7-4-2-1-3-6(7)5-8(10,11)12;/h1-4H,5H2;/q-1;+1. The van der Waals surface area contributed by atoms with Crippen LogP contribution in [-0.2, 0) is 6.32 Å². The van der Waals surface area contributed by atoms with Crippen LogP contribution in [0.2, 0.25) is 0 Å². The second kappa shape index (κ2) is 5.50. The molecule has 6 heteroatoms. The van der Waals surface area contributed by atoms with Crippen LogP contribution in [-0.4, -0.2) is 6.98 Å². The fraction of sp³-hybridized carbons (Fsp3) is 0.143. The molecular formula is C7H6BF4K. The molecule has 0 aliphatic heterocycles. The van der Waals surface area contributed by atoms with Crippen molar-refractivity contribution >= 4 is 6.98 Å². The van der Waals surface area contributed by atoms with Crippen molar-refractivity contribution in [3.05, 3.63) is 35.6 Å². The van der Waals surface area contributed by atoms with Crippen LogP contribution in [0.1, 0.15) is 5.56 Å². The SMILES string of the molecule is Fc1ccccc1C[B-](F)(F)F.[K+]. The van der Waals surface area contributed by atoms with Crippen molar-refractivity contribution in [1.29, 1.82) is 0 Å². The van der Waals surface area contributed by atoms with Crippen molar-refractivity contribution in [1.82, 2.24) is 0 Å². The Morgan fingerprint density at radius 2 is 1.62 bits per heavy atom. The Morgan fingerprint density at radius 1 is 1.08 bits per heavy atom. The van der Waals surface area contributed by atoms with Gasteiger partial charge in [0.05, 0.1) is 0 Å². The zero-order chi connectivity index (χ0) is 9.19. The second-order valence-electron chi connectivity index (χ2n) is 2.51. The molecule has 0 saturated carbocycles. The van der Waals surface area contributed by atoms with Gasteiger partial charge in [-0.05, 0) is 11.6 Å². The first-order valence-corrected chi connectivity index (χ1v) is 3.43. The summed E-state index contributed by atoms with van der Waals surface area (Å²) in [4.78, 5) is 0. The normalized spacial score (nSPS) is 10.8. The average molecular weight is 216 g/mol. The van der Waals surface area contributed by atoms with Crippen LogP contribution < -0.4 is 51.4 Å². The van der Waals surface area contributed by atoms with Crippen molar-refractivity contribution in [2.45, 2.75) is 6.32 Å².